The van der Waals surface area contributed by atoms with Crippen molar-refractivity contribution in [3.05, 3.63) is 0 Å². The molecule has 100 valence electrons. The summed E-state index contributed by atoms with van der Waals surface area (Å²) in [5.41, 5.74) is 0.281. The fourth-order valence-electron chi connectivity index (χ4n) is 3.20. The maximum atomic E-state index is 6.34. The molecule has 2 unspecified atom stereocenters. The minimum atomic E-state index is 0.281. The van der Waals surface area contributed by atoms with Gasteiger partial charge in [-0.25, -0.2) is 0 Å². The van der Waals surface area contributed by atoms with E-state index in [-0.39, 0.29) is 5.60 Å². The van der Waals surface area contributed by atoms with E-state index in [4.69, 9.17) is 4.74 Å². The van der Waals surface area contributed by atoms with E-state index in [1.54, 1.807) is 0 Å². The van der Waals surface area contributed by atoms with Gasteiger partial charge in [0.1, 0.15) is 0 Å². The van der Waals surface area contributed by atoms with E-state index in [0.29, 0.717) is 12.1 Å². The second kappa shape index (κ2) is 6.53. The van der Waals surface area contributed by atoms with Crippen LogP contribution in [0.3, 0.4) is 0 Å². The third-order valence-electron chi connectivity index (χ3n) is 4.34. The summed E-state index contributed by atoms with van der Waals surface area (Å²) >= 11 is 3.49. The Morgan fingerprint density at radius 3 is 2.76 bits per heavy atom. The number of hydrogen-bond acceptors (Lipinski definition) is 2. The van der Waals surface area contributed by atoms with Crippen LogP contribution in [0.2, 0.25) is 0 Å². The lowest BCUT2D eigenvalue weighted by atomic mass is 9.83. The molecule has 0 radical (unpaired) electrons. The minimum Gasteiger partial charge on any atom is -0.370 e. The topological polar surface area (TPSA) is 21.3 Å². The van der Waals surface area contributed by atoms with Gasteiger partial charge in [-0.05, 0) is 39.0 Å². The summed E-state index contributed by atoms with van der Waals surface area (Å²) in [6.07, 6.45) is 11.0. The lowest BCUT2D eigenvalue weighted by Crippen LogP contribution is -2.37. The fraction of sp³-hybridized carbons (Fsp3) is 1.00. The van der Waals surface area contributed by atoms with Crippen LogP contribution in [0.15, 0.2) is 0 Å². The number of halogens is 1. The van der Waals surface area contributed by atoms with Crippen LogP contribution in [0.1, 0.15) is 58.3 Å². The molecule has 1 spiro atoms. The number of nitrogens with one attached hydrogen (secondary N) is 1. The number of ether oxygens (including phenoxy) is 1. The standard InChI is InChI=1S/C14H26BrNO/c1-12(6-10-15)16-11-13-5-9-14(17-13)7-3-2-4-8-14/h12-13,16H,2-11H2,1H3. The molecule has 0 aromatic carbocycles. The molecule has 1 aliphatic carbocycles. The maximum absolute atomic E-state index is 6.34. The summed E-state index contributed by atoms with van der Waals surface area (Å²) in [4.78, 5) is 0. The molecule has 1 saturated carbocycles. The van der Waals surface area contributed by atoms with Gasteiger partial charge in [-0.1, -0.05) is 35.2 Å². The van der Waals surface area contributed by atoms with Crippen molar-refractivity contribution in [3.8, 4) is 0 Å². The van der Waals surface area contributed by atoms with Crippen LogP contribution in [0, 0.1) is 0 Å². The Labute approximate surface area is 114 Å². The zero-order valence-corrected chi connectivity index (χ0v) is 12.6. The summed E-state index contributed by atoms with van der Waals surface area (Å²) in [7, 11) is 0. The zero-order chi connectivity index (χ0) is 12.1. The molecule has 1 heterocycles. The van der Waals surface area contributed by atoms with Crippen molar-refractivity contribution in [1.29, 1.82) is 0 Å². The molecule has 0 bridgehead atoms. The predicted molar refractivity (Wildman–Crippen MR) is 75.8 cm³/mol. The smallest absolute Gasteiger partial charge is 0.0708 e. The van der Waals surface area contributed by atoms with E-state index in [0.717, 1.165) is 11.9 Å². The van der Waals surface area contributed by atoms with Gasteiger partial charge in [0.15, 0.2) is 0 Å². The molecular formula is C14H26BrNO. The highest BCUT2D eigenvalue weighted by molar-refractivity contribution is 9.09. The first-order valence-corrected chi connectivity index (χ1v) is 8.33. The summed E-state index contributed by atoms with van der Waals surface area (Å²) in [5.74, 6) is 0. The molecule has 2 atom stereocenters. The molecule has 3 heteroatoms. The van der Waals surface area contributed by atoms with Crippen LogP contribution in [-0.2, 0) is 4.74 Å². The van der Waals surface area contributed by atoms with Crippen molar-refractivity contribution in [1.82, 2.24) is 5.32 Å². The van der Waals surface area contributed by atoms with Gasteiger partial charge in [0, 0.05) is 17.9 Å². The predicted octanol–water partition coefficient (Wildman–Crippen LogP) is 3.63. The second-order valence-corrected chi connectivity index (χ2v) is 6.60. The third-order valence-corrected chi connectivity index (χ3v) is 4.80. The maximum Gasteiger partial charge on any atom is 0.0708 e. The molecule has 1 saturated heterocycles. The summed E-state index contributed by atoms with van der Waals surface area (Å²) in [5, 5.41) is 4.67. The lowest BCUT2D eigenvalue weighted by Gasteiger charge is -2.33. The Kier molecular flexibility index (Phi) is 5.31. The van der Waals surface area contributed by atoms with E-state index in [1.807, 2.05) is 0 Å². The van der Waals surface area contributed by atoms with Gasteiger partial charge in [-0.15, -0.1) is 0 Å². The van der Waals surface area contributed by atoms with Crippen LogP contribution < -0.4 is 5.32 Å². The molecule has 0 aromatic heterocycles. The lowest BCUT2D eigenvalue weighted by molar-refractivity contribution is -0.0628. The average molecular weight is 304 g/mol. The number of rotatable bonds is 5. The van der Waals surface area contributed by atoms with Gasteiger partial charge in [0.05, 0.1) is 11.7 Å². The Balaban J connectivity index is 1.70. The summed E-state index contributed by atoms with van der Waals surface area (Å²) in [6, 6.07) is 0.598. The van der Waals surface area contributed by atoms with Gasteiger partial charge in [-0.3, -0.25) is 0 Å². The monoisotopic (exact) mass is 303 g/mol. The highest BCUT2D eigenvalue weighted by atomic mass is 79.9. The molecule has 1 N–H and O–H groups in total. The molecule has 0 aromatic rings. The van der Waals surface area contributed by atoms with Gasteiger partial charge >= 0.3 is 0 Å². The van der Waals surface area contributed by atoms with Gasteiger partial charge < -0.3 is 10.1 Å². The first kappa shape index (κ1) is 13.8. The molecule has 0 amide bonds. The Morgan fingerprint density at radius 1 is 1.29 bits per heavy atom. The quantitative estimate of drug-likeness (QED) is 0.783. The van der Waals surface area contributed by atoms with Crippen LogP contribution >= 0.6 is 15.9 Å². The first-order valence-electron chi connectivity index (χ1n) is 7.21. The van der Waals surface area contributed by atoms with Crippen molar-refractivity contribution < 1.29 is 4.74 Å². The second-order valence-electron chi connectivity index (χ2n) is 5.81. The molecule has 2 rings (SSSR count). The van der Waals surface area contributed by atoms with Gasteiger partial charge in [0.2, 0.25) is 0 Å². The van der Waals surface area contributed by atoms with E-state index in [2.05, 4.69) is 28.2 Å². The van der Waals surface area contributed by atoms with E-state index >= 15 is 0 Å². The molecule has 1 aliphatic heterocycles. The van der Waals surface area contributed by atoms with Crippen LogP contribution in [0.4, 0.5) is 0 Å². The van der Waals surface area contributed by atoms with Crippen molar-refractivity contribution in [2.24, 2.45) is 0 Å². The van der Waals surface area contributed by atoms with E-state index < -0.39 is 0 Å². The van der Waals surface area contributed by atoms with E-state index in [1.165, 1.54) is 51.4 Å². The minimum absolute atomic E-state index is 0.281. The zero-order valence-electron chi connectivity index (χ0n) is 11.0. The van der Waals surface area contributed by atoms with Gasteiger partial charge in [0.25, 0.3) is 0 Å². The fourth-order valence-corrected chi connectivity index (χ4v) is 3.89. The van der Waals surface area contributed by atoms with Crippen molar-refractivity contribution in [2.45, 2.75) is 76.0 Å². The molecule has 2 aliphatic rings. The normalized spacial score (nSPS) is 29.6. The Bertz CT molecular complexity index is 228. The highest BCUT2D eigenvalue weighted by Gasteiger charge is 2.40. The van der Waals surface area contributed by atoms with Crippen molar-refractivity contribution in [2.75, 3.05) is 11.9 Å². The number of hydrogen-bond donors (Lipinski definition) is 1. The van der Waals surface area contributed by atoms with E-state index in [9.17, 15) is 0 Å². The highest BCUT2D eigenvalue weighted by Crippen LogP contribution is 2.41. The van der Waals surface area contributed by atoms with Gasteiger partial charge in [-0.2, -0.15) is 0 Å². The number of alkyl halides is 1. The van der Waals surface area contributed by atoms with Crippen LogP contribution in [0.25, 0.3) is 0 Å². The Hall–Kier alpha value is 0.400. The van der Waals surface area contributed by atoms with Crippen LogP contribution in [-0.4, -0.2) is 29.6 Å². The van der Waals surface area contributed by atoms with Crippen molar-refractivity contribution >= 4 is 15.9 Å². The van der Waals surface area contributed by atoms with Crippen LogP contribution in [0.5, 0.6) is 0 Å². The SMILES string of the molecule is CC(CCBr)NCC1CCC2(CCCCC2)O1. The molecular weight excluding hydrogens is 278 g/mol. The largest absolute Gasteiger partial charge is 0.370 e. The first-order chi connectivity index (χ1) is 8.24. The molecule has 2 fully saturated rings. The molecule has 17 heavy (non-hydrogen) atoms. The molecule has 2 nitrogen and oxygen atoms in total. The third kappa shape index (κ3) is 3.93. The summed E-state index contributed by atoms with van der Waals surface area (Å²) in [6.45, 7) is 3.29. The van der Waals surface area contributed by atoms with Crippen molar-refractivity contribution in [3.63, 3.8) is 0 Å². The Morgan fingerprint density at radius 2 is 2.06 bits per heavy atom. The summed E-state index contributed by atoms with van der Waals surface area (Å²) < 4.78 is 6.34. The average Bonchev–Trinajstić information content (AvgIpc) is 2.71.